The SMILES string of the molecule is CC(C)=CCCC(C)=CCCC(=CCCC(C)=CCOC(=O)c1ccc(Cl)cc1)COC(=O)c1ccc(Cl)cc1. The Morgan fingerprint density at radius 3 is 1.65 bits per heavy atom. The predicted octanol–water partition coefficient (Wildman–Crippen LogP) is 10.1. The van der Waals surface area contributed by atoms with E-state index in [2.05, 4.69) is 39.0 Å². The van der Waals surface area contributed by atoms with Crippen LogP contribution in [-0.4, -0.2) is 25.2 Å². The number of carbonyl (C=O) groups is 2. The van der Waals surface area contributed by atoms with Crippen LogP contribution in [0.2, 0.25) is 10.0 Å². The molecule has 0 aliphatic carbocycles. The third-order valence-corrected chi connectivity index (χ3v) is 6.72. The van der Waals surface area contributed by atoms with E-state index in [9.17, 15) is 9.59 Å². The smallest absolute Gasteiger partial charge is 0.338 e. The number of carbonyl (C=O) groups excluding carboxylic acids is 2. The lowest BCUT2D eigenvalue weighted by Crippen LogP contribution is -2.08. The summed E-state index contributed by atoms with van der Waals surface area (Å²) in [7, 11) is 0. The molecule has 0 saturated heterocycles. The molecule has 0 saturated carbocycles. The van der Waals surface area contributed by atoms with Crippen molar-refractivity contribution in [2.75, 3.05) is 13.2 Å². The van der Waals surface area contributed by atoms with Gasteiger partial charge in [-0.2, -0.15) is 0 Å². The maximum Gasteiger partial charge on any atom is 0.338 e. The lowest BCUT2D eigenvalue weighted by molar-refractivity contribution is 0.0532. The van der Waals surface area contributed by atoms with Crippen LogP contribution < -0.4 is 0 Å². The predicted molar refractivity (Wildman–Crippen MR) is 166 cm³/mol. The number of hydrogen-bond acceptors (Lipinski definition) is 4. The van der Waals surface area contributed by atoms with Crippen molar-refractivity contribution in [3.05, 3.63) is 116 Å². The van der Waals surface area contributed by atoms with Gasteiger partial charge >= 0.3 is 11.9 Å². The van der Waals surface area contributed by atoms with Crippen molar-refractivity contribution in [1.82, 2.24) is 0 Å². The molecule has 0 unspecified atom stereocenters. The Hall–Kier alpha value is -3.08. The molecule has 40 heavy (non-hydrogen) atoms. The van der Waals surface area contributed by atoms with E-state index in [1.54, 1.807) is 48.5 Å². The number of rotatable bonds is 15. The quantitative estimate of drug-likeness (QED) is 0.155. The van der Waals surface area contributed by atoms with Gasteiger partial charge in [-0.1, -0.05) is 58.1 Å². The molecule has 0 atom stereocenters. The van der Waals surface area contributed by atoms with Crippen molar-refractivity contribution in [3.8, 4) is 0 Å². The van der Waals surface area contributed by atoms with E-state index in [1.165, 1.54) is 11.1 Å². The van der Waals surface area contributed by atoms with Gasteiger partial charge in [-0.05, 0) is 126 Å². The lowest BCUT2D eigenvalue weighted by atomic mass is 10.0. The minimum atomic E-state index is -0.380. The standard InChI is InChI=1S/C34H40Cl2O4/c1-25(2)8-5-9-26(3)10-6-12-28(24-40-34(38)30-16-20-32(36)21-17-30)13-7-11-27(4)22-23-39-33(37)29-14-18-31(35)19-15-29/h8,10,13-22H,5-7,9,11-12,23-24H2,1-4H3. The van der Waals surface area contributed by atoms with Crippen molar-refractivity contribution in [2.24, 2.45) is 0 Å². The van der Waals surface area contributed by atoms with Crippen molar-refractivity contribution in [3.63, 3.8) is 0 Å². The van der Waals surface area contributed by atoms with Crippen molar-refractivity contribution in [2.45, 2.75) is 66.2 Å². The molecule has 0 spiro atoms. The molecule has 0 aliphatic heterocycles. The van der Waals surface area contributed by atoms with Crippen LogP contribution in [0, 0.1) is 0 Å². The number of allylic oxidation sites excluding steroid dienone is 6. The zero-order valence-electron chi connectivity index (χ0n) is 24.0. The van der Waals surface area contributed by atoms with Crippen LogP contribution in [0.3, 0.4) is 0 Å². The maximum atomic E-state index is 12.5. The first-order valence-corrected chi connectivity index (χ1v) is 14.4. The van der Waals surface area contributed by atoms with E-state index in [0.717, 1.165) is 49.7 Å². The molecule has 0 aromatic heterocycles. The monoisotopic (exact) mass is 582 g/mol. The second kappa shape index (κ2) is 18.3. The van der Waals surface area contributed by atoms with E-state index in [4.69, 9.17) is 32.7 Å². The summed E-state index contributed by atoms with van der Waals surface area (Å²) < 4.78 is 11.0. The van der Waals surface area contributed by atoms with Crippen LogP contribution in [0.5, 0.6) is 0 Å². The average Bonchev–Trinajstić information content (AvgIpc) is 2.91. The fraction of sp³-hybridized carbons (Fsp3) is 0.353. The van der Waals surface area contributed by atoms with Gasteiger partial charge < -0.3 is 9.47 Å². The third-order valence-electron chi connectivity index (χ3n) is 6.22. The van der Waals surface area contributed by atoms with Crippen LogP contribution in [0.1, 0.15) is 86.9 Å². The molecule has 0 fully saturated rings. The summed E-state index contributed by atoms with van der Waals surface area (Å²) >= 11 is 11.8. The molecule has 0 heterocycles. The third kappa shape index (κ3) is 13.8. The topological polar surface area (TPSA) is 52.6 Å². The summed E-state index contributed by atoms with van der Waals surface area (Å²) in [5.74, 6) is -0.746. The van der Waals surface area contributed by atoms with Gasteiger partial charge in [-0.25, -0.2) is 9.59 Å². The fourth-order valence-corrected chi connectivity index (χ4v) is 4.04. The zero-order chi connectivity index (χ0) is 29.3. The maximum absolute atomic E-state index is 12.5. The Kier molecular flexibility index (Phi) is 15.2. The first-order valence-electron chi connectivity index (χ1n) is 13.6. The van der Waals surface area contributed by atoms with Crippen molar-refractivity contribution >= 4 is 35.1 Å². The molecule has 2 aromatic rings. The van der Waals surface area contributed by atoms with Gasteiger partial charge in [0.2, 0.25) is 0 Å². The van der Waals surface area contributed by atoms with Crippen LogP contribution in [-0.2, 0) is 9.47 Å². The summed E-state index contributed by atoms with van der Waals surface area (Å²) in [4.78, 5) is 24.7. The van der Waals surface area contributed by atoms with Gasteiger partial charge in [-0.3, -0.25) is 0 Å². The van der Waals surface area contributed by atoms with Crippen LogP contribution in [0.15, 0.2) is 95.1 Å². The summed E-state index contributed by atoms with van der Waals surface area (Å²) in [6, 6.07) is 13.3. The van der Waals surface area contributed by atoms with Gasteiger partial charge in [0.05, 0.1) is 11.1 Å². The van der Waals surface area contributed by atoms with Crippen LogP contribution >= 0.6 is 23.2 Å². The number of ether oxygens (including phenoxy) is 2. The molecular formula is C34H40Cl2O4. The molecule has 6 heteroatoms. The Balaban J connectivity index is 1.92. The first-order chi connectivity index (χ1) is 19.1. The Morgan fingerprint density at radius 2 is 1.10 bits per heavy atom. The summed E-state index contributed by atoms with van der Waals surface area (Å²) in [5.41, 5.74) is 5.85. The lowest BCUT2D eigenvalue weighted by Gasteiger charge is -2.10. The van der Waals surface area contributed by atoms with Gasteiger partial charge in [0.25, 0.3) is 0 Å². The molecule has 0 amide bonds. The summed E-state index contributed by atoms with van der Waals surface area (Å²) in [6.07, 6.45) is 14.0. The first kappa shape index (κ1) is 33.1. The number of benzene rings is 2. The van der Waals surface area contributed by atoms with Crippen molar-refractivity contribution in [1.29, 1.82) is 0 Å². The van der Waals surface area contributed by atoms with Crippen LogP contribution in [0.25, 0.3) is 0 Å². The van der Waals surface area contributed by atoms with E-state index < -0.39 is 0 Å². The normalized spacial score (nSPS) is 12.2. The van der Waals surface area contributed by atoms with E-state index in [1.807, 2.05) is 13.0 Å². The second-order valence-electron chi connectivity index (χ2n) is 10.0. The Bertz CT molecular complexity index is 1220. The number of esters is 2. The molecule has 0 radical (unpaired) electrons. The molecule has 0 N–H and O–H groups in total. The molecule has 0 aliphatic rings. The minimum absolute atomic E-state index is 0.208. The van der Waals surface area contributed by atoms with E-state index >= 15 is 0 Å². The molecule has 0 bridgehead atoms. The Labute approximate surface area is 249 Å². The minimum Gasteiger partial charge on any atom is -0.458 e. The fourth-order valence-electron chi connectivity index (χ4n) is 3.79. The highest BCUT2D eigenvalue weighted by Crippen LogP contribution is 2.17. The van der Waals surface area contributed by atoms with Gasteiger partial charge in [0.15, 0.2) is 0 Å². The highest BCUT2D eigenvalue weighted by atomic mass is 35.5. The highest BCUT2D eigenvalue weighted by Gasteiger charge is 2.09. The largest absolute Gasteiger partial charge is 0.458 e. The second-order valence-corrected chi connectivity index (χ2v) is 10.9. The van der Waals surface area contributed by atoms with E-state index in [-0.39, 0.29) is 25.2 Å². The number of halogens is 2. The molecule has 2 aromatic carbocycles. The molecular weight excluding hydrogens is 543 g/mol. The van der Waals surface area contributed by atoms with Gasteiger partial charge in [0.1, 0.15) is 13.2 Å². The van der Waals surface area contributed by atoms with E-state index in [0.29, 0.717) is 21.2 Å². The molecule has 2 rings (SSSR count). The summed E-state index contributed by atoms with van der Waals surface area (Å²) in [6.45, 7) is 8.87. The van der Waals surface area contributed by atoms with Crippen LogP contribution in [0.4, 0.5) is 0 Å². The van der Waals surface area contributed by atoms with Gasteiger partial charge in [0, 0.05) is 10.0 Å². The number of hydrogen-bond donors (Lipinski definition) is 0. The van der Waals surface area contributed by atoms with Gasteiger partial charge in [-0.15, -0.1) is 0 Å². The Morgan fingerprint density at radius 1 is 0.625 bits per heavy atom. The molecule has 4 nitrogen and oxygen atoms in total. The molecule has 214 valence electrons. The highest BCUT2D eigenvalue weighted by molar-refractivity contribution is 6.31. The summed E-state index contributed by atoms with van der Waals surface area (Å²) in [5, 5.41) is 1.15. The average molecular weight is 584 g/mol. The zero-order valence-corrected chi connectivity index (χ0v) is 25.5. The van der Waals surface area contributed by atoms with Crippen molar-refractivity contribution < 1.29 is 19.1 Å².